The van der Waals surface area contributed by atoms with Crippen molar-refractivity contribution < 1.29 is 13.5 Å². The summed E-state index contributed by atoms with van der Waals surface area (Å²) in [7, 11) is 0. The maximum atomic E-state index is 13.9. The molecule has 0 aliphatic rings. The van der Waals surface area contributed by atoms with E-state index in [1.807, 2.05) is 13.0 Å². The maximum Gasteiger partial charge on any atom is 0.218 e. The molecule has 0 amide bonds. The first-order chi connectivity index (χ1) is 14.0. The van der Waals surface area contributed by atoms with Gasteiger partial charge in [0.2, 0.25) is 5.89 Å². The van der Waals surface area contributed by atoms with Crippen LogP contribution in [0.2, 0.25) is 0 Å². The summed E-state index contributed by atoms with van der Waals surface area (Å²) < 4.78 is 25.8. The number of aromatic nitrogens is 1. The summed E-state index contributed by atoms with van der Waals surface area (Å²) >= 11 is 3.25. The number of aryl methyl sites for hydroxylation is 3. The summed E-state index contributed by atoms with van der Waals surface area (Å²) in [6, 6.07) is 11.1. The molecule has 1 heterocycles. The minimum absolute atomic E-state index is 0.298. The molecular weight excluding hydrogens is 435 g/mol. The molecule has 0 fully saturated rings. The molecule has 6 heteroatoms. The predicted octanol–water partition coefficient (Wildman–Crippen LogP) is 5.57. The number of hydrogen-bond donors (Lipinski definition) is 1. The second-order valence-electron chi connectivity index (χ2n) is 6.77. The van der Waals surface area contributed by atoms with Crippen LogP contribution in [0.15, 0.2) is 51.6 Å². The zero-order chi connectivity index (χ0) is 20.6. The van der Waals surface area contributed by atoms with Gasteiger partial charge in [0.05, 0.1) is 12.3 Å². The van der Waals surface area contributed by atoms with Crippen LogP contribution in [-0.2, 0) is 12.8 Å². The van der Waals surface area contributed by atoms with Crippen molar-refractivity contribution >= 4 is 28.1 Å². The van der Waals surface area contributed by atoms with Crippen molar-refractivity contribution in [3.05, 3.63) is 81.2 Å². The third-order valence-electron chi connectivity index (χ3n) is 4.45. The number of oxazole rings is 1. The number of benzene rings is 2. The first kappa shape index (κ1) is 21.3. The second-order valence-corrected chi connectivity index (χ2v) is 7.68. The first-order valence-electron chi connectivity index (χ1n) is 9.55. The topological polar surface area (TPSA) is 61.3 Å². The lowest BCUT2D eigenvalue weighted by Crippen LogP contribution is -2.06. The Bertz CT molecular complexity index is 985. The Hall–Kier alpha value is -2.44. The van der Waals surface area contributed by atoms with E-state index < -0.39 is 0 Å². The molecule has 3 aromatic rings. The Balaban J connectivity index is 1.56. The third kappa shape index (κ3) is 6.27. The highest BCUT2D eigenvalue weighted by Gasteiger charge is 2.06. The van der Waals surface area contributed by atoms with Gasteiger partial charge in [0.1, 0.15) is 17.8 Å². The van der Waals surface area contributed by atoms with Gasteiger partial charge < -0.3 is 14.9 Å². The summed E-state index contributed by atoms with van der Waals surface area (Å²) in [5.41, 5.74) is 9.17. The van der Waals surface area contributed by atoms with E-state index in [9.17, 15) is 4.39 Å². The molecule has 0 aliphatic carbocycles. The van der Waals surface area contributed by atoms with Gasteiger partial charge in [-0.2, -0.15) is 0 Å². The van der Waals surface area contributed by atoms with E-state index in [0.717, 1.165) is 36.3 Å². The van der Waals surface area contributed by atoms with Gasteiger partial charge in [-0.3, -0.25) is 0 Å². The number of hydrogen-bond acceptors (Lipinski definition) is 4. The second kappa shape index (κ2) is 10.4. The molecule has 2 N–H and O–H groups in total. The zero-order valence-corrected chi connectivity index (χ0v) is 17.9. The number of rotatable bonds is 9. The van der Waals surface area contributed by atoms with E-state index in [4.69, 9.17) is 14.9 Å². The molecule has 0 saturated carbocycles. The molecule has 0 aliphatic heterocycles. The molecule has 0 radical (unpaired) electrons. The van der Waals surface area contributed by atoms with E-state index >= 15 is 0 Å². The van der Waals surface area contributed by atoms with Crippen LogP contribution in [0, 0.1) is 12.7 Å². The number of ether oxygens (including phenoxy) is 1. The van der Waals surface area contributed by atoms with Gasteiger partial charge in [-0.15, -0.1) is 0 Å². The van der Waals surface area contributed by atoms with Crippen molar-refractivity contribution in [3.8, 4) is 5.75 Å². The van der Waals surface area contributed by atoms with Crippen molar-refractivity contribution in [3.63, 3.8) is 0 Å². The molecule has 0 atom stereocenters. The SMILES string of the molecule is Cc1cc(CCc2coc(/C=C/c3ccc(Br)cc3F)n2)ccc1OCCCN. The molecular formula is C23H24BrFN2O2. The summed E-state index contributed by atoms with van der Waals surface area (Å²) in [6.07, 6.45) is 7.43. The van der Waals surface area contributed by atoms with Gasteiger partial charge in [0, 0.05) is 16.1 Å². The Labute approximate surface area is 178 Å². The van der Waals surface area contributed by atoms with Crippen LogP contribution in [0.5, 0.6) is 5.75 Å². The number of nitrogens with zero attached hydrogens (tertiary/aromatic N) is 1. The van der Waals surface area contributed by atoms with Crippen molar-refractivity contribution in [1.82, 2.24) is 4.98 Å². The third-order valence-corrected chi connectivity index (χ3v) is 4.95. The molecule has 1 aromatic heterocycles. The van der Waals surface area contributed by atoms with Crippen molar-refractivity contribution in [2.75, 3.05) is 13.2 Å². The Morgan fingerprint density at radius 1 is 1.17 bits per heavy atom. The average Bonchev–Trinajstić information content (AvgIpc) is 3.15. The van der Waals surface area contributed by atoms with Crippen LogP contribution in [0.1, 0.15) is 34.7 Å². The van der Waals surface area contributed by atoms with Gasteiger partial charge in [0.25, 0.3) is 0 Å². The van der Waals surface area contributed by atoms with E-state index in [2.05, 4.69) is 33.0 Å². The summed E-state index contributed by atoms with van der Waals surface area (Å²) in [5.74, 6) is 1.06. The van der Waals surface area contributed by atoms with Crippen LogP contribution in [0.3, 0.4) is 0 Å². The molecule has 4 nitrogen and oxygen atoms in total. The summed E-state index contributed by atoms with van der Waals surface area (Å²) in [4.78, 5) is 4.46. The van der Waals surface area contributed by atoms with Crippen LogP contribution < -0.4 is 10.5 Å². The number of nitrogens with two attached hydrogens (primary N) is 1. The standard InChI is InChI=1S/C23H24BrFN2O2/c1-16-13-17(4-9-22(16)28-12-2-11-26)3-8-20-15-29-23(27-20)10-6-18-5-7-19(24)14-21(18)25/h4-7,9-10,13-15H,2-3,8,11-12,26H2,1H3/b10-6+. The largest absolute Gasteiger partial charge is 0.493 e. The van der Waals surface area contributed by atoms with Crippen LogP contribution in [0.4, 0.5) is 4.39 Å². The van der Waals surface area contributed by atoms with E-state index in [1.54, 1.807) is 30.5 Å². The predicted molar refractivity (Wildman–Crippen MR) is 117 cm³/mol. The highest BCUT2D eigenvalue weighted by atomic mass is 79.9. The molecule has 3 rings (SSSR count). The molecule has 0 unspecified atom stereocenters. The molecule has 0 bridgehead atoms. The van der Waals surface area contributed by atoms with Gasteiger partial charge in [0.15, 0.2) is 0 Å². The van der Waals surface area contributed by atoms with E-state index in [0.29, 0.717) is 29.1 Å². The molecule has 2 aromatic carbocycles. The minimum Gasteiger partial charge on any atom is -0.493 e. The fraction of sp³-hybridized carbons (Fsp3) is 0.261. The van der Waals surface area contributed by atoms with Crippen LogP contribution >= 0.6 is 15.9 Å². The van der Waals surface area contributed by atoms with Gasteiger partial charge in [-0.25, -0.2) is 9.37 Å². The monoisotopic (exact) mass is 458 g/mol. The number of halogens is 2. The fourth-order valence-electron chi connectivity index (χ4n) is 2.88. The lowest BCUT2D eigenvalue weighted by molar-refractivity contribution is 0.311. The normalized spacial score (nSPS) is 11.3. The fourth-order valence-corrected chi connectivity index (χ4v) is 3.21. The van der Waals surface area contributed by atoms with E-state index in [-0.39, 0.29) is 5.82 Å². The zero-order valence-electron chi connectivity index (χ0n) is 16.3. The molecule has 0 spiro atoms. The summed E-state index contributed by atoms with van der Waals surface area (Å²) in [6.45, 7) is 3.31. The van der Waals surface area contributed by atoms with Gasteiger partial charge >= 0.3 is 0 Å². The molecule has 29 heavy (non-hydrogen) atoms. The van der Waals surface area contributed by atoms with Crippen LogP contribution in [-0.4, -0.2) is 18.1 Å². The maximum absolute atomic E-state index is 13.9. The molecule has 0 saturated heterocycles. The Morgan fingerprint density at radius 3 is 2.79 bits per heavy atom. The first-order valence-corrected chi connectivity index (χ1v) is 10.3. The van der Waals surface area contributed by atoms with Gasteiger partial charge in [-0.05, 0) is 68.1 Å². The quantitative estimate of drug-likeness (QED) is 0.425. The van der Waals surface area contributed by atoms with E-state index in [1.165, 1.54) is 11.6 Å². The lowest BCUT2D eigenvalue weighted by Gasteiger charge is -2.10. The van der Waals surface area contributed by atoms with Crippen molar-refractivity contribution in [1.29, 1.82) is 0 Å². The molecule has 152 valence electrons. The Morgan fingerprint density at radius 2 is 2.03 bits per heavy atom. The van der Waals surface area contributed by atoms with Crippen molar-refractivity contribution in [2.24, 2.45) is 5.73 Å². The highest BCUT2D eigenvalue weighted by molar-refractivity contribution is 9.10. The summed E-state index contributed by atoms with van der Waals surface area (Å²) in [5, 5.41) is 0. The van der Waals surface area contributed by atoms with Crippen molar-refractivity contribution in [2.45, 2.75) is 26.2 Å². The highest BCUT2D eigenvalue weighted by Crippen LogP contribution is 2.21. The van der Waals surface area contributed by atoms with Gasteiger partial charge in [-0.1, -0.05) is 34.1 Å². The lowest BCUT2D eigenvalue weighted by atomic mass is 10.1. The Kier molecular flexibility index (Phi) is 7.61. The average molecular weight is 459 g/mol. The minimum atomic E-state index is -0.298. The van der Waals surface area contributed by atoms with Crippen LogP contribution in [0.25, 0.3) is 12.2 Å². The smallest absolute Gasteiger partial charge is 0.218 e.